The van der Waals surface area contributed by atoms with Gasteiger partial charge in [0.1, 0.15) is 0 Å². The monoisotopic (exact) mass is 162 g/mol. The molecule has 0 saturated heterocycles. The van der Waals surface area contributed by atoms with Crippen molar-refractivity contribution >= 4 is 9.53 Å². The fraction of sp³-hybridized carbons (Fsp3) is 0.667. The summed E-state index contributed by atoms with van der Waals surface area (Å²) >= 11 is 0. The molecule has 1 aliphatic rings. The highest BCUT2D eigenvalue weighted by molar-refractivity contribution is 6.36. The van der Waals surface area contributed by atoms with E-state index in [-0.39, 0.29) is 0 Å². The molecule has 0 radical (unpaired) electrons. The Balaban J connectivity index is 0.000000219. The molecule has 1 rings (SSSR count). The van der Waals surface area contributed by atoms with Crippen molar-refractivity contribution in [3.05, 3.63) is 12.2 Å². The smallest absolute Gasteiger partial charge is 0.379 e. The van der Waals surface area contributed by atoms with Crippen LogP contribution in [0.3, 0.4) is 0 Å². The van der Waals surface area contributed by atoms with Crippen LogP contribution in [0, 0.1) is 0 Å². The van der Waals surface area contributed by atoms with E-state index in [0.717, 1.165) is 0 Å². The van der Waals surface area contributed by atoms with E-state index in [1.54, 1.807) is 21.3 Å². The first kappa shape index (κ1) is 9.84. The first-order chi connectivity index (χ1) is 4.85. The Morgan fingerprint density at radius 1 is 1.00 bits per heavy atom. The van der Waals surface area contributed by atoms with Crippen molar-refractivity contribution in [1.82, 2.24) is 0 Å². The quantitative estimate of drug-likeness (QED) is 0.449. The van der Waals surface area contributed by atoms with E-state index in [9.17, 15) is 0 Å². The molecule has 0 bridgehead atoms. The van der Waals surface area contributed by atoms with E-state index in [4.69, 9.17) is 13.3 Å². The summed E-state index contributed by atoms with van der Waals surface area (Å²) in [6, 6.07) is 0. The van der Waals surface area contributed by atoms with Gasteiger partial charge in [0, 0.05) is 21.3 Å². The van der Waals surface area contributed by atoms with Gasteiger partial charge in [0.05, 0.1) is 0 Å². The molecule has 0 spiro atoms. The topological polar surface area (TPSA) is 27.7 Å². The zero-order chi connectivity index (χ0) is 7.82. The molecule has 10 heavy (non-hydrogen) atoms. The van der Waals surface area contributed by atoms with Crippen LogP contribution in [-0.4, -0.2) is 30.9 Å². The molecule has 0 aromatic heterocycles. The molecule has 0 saturated carbocycles. The lowest BCUT2D eigenvalue weighted by molar-refractivity contribution is 0.163. The normalized spacial score (nSPS) is 12.8. The molecule has 0 aromatic carbocycles. The van der Waals surface area contributed by atoms with Crippen LogP contribution in [0.15, 0.2) is 12.2 Å². The highest BCUT2D eigenvalue weighted by Crippen LogP contribution is 1.96. The van der Waals surface area contributed by atoms with Crippen molar-refractivity contribution in [2.45, 2.75) is 6.42 Å². The molecule has 60 valence electrons. The van der Waals surface area contributed by atoms with Gasteiger partial charge in [0.2, 0.25) is 0 Å². The molecular weight excluding hydrogens is 148 g/mol. The summed E-state index contributed by atoms with van der Waals surface area (Å²) in [6.45, 7) is 0. The SMILES string of the molecule is C1=CC1.CO[SiH](OC)OC. The average Bonchev–Trinajstić information content (AvgIpc) is 2.76. The van der Waals surface area contributed by atoms with Gasteiger partial charge in [0.25, 0.3) is 0 Å². The van der Waals surface area contributed by atoms with E-state index >= 15 is 0 Å². The lowest BCUT2D eigenvalue weighted by atomic mass is 10.9. The molecule has 0 unspecified atom stereocenters. The Hall–Kier alpha value is -0.163. The number of hydrogen-bond donors (Lipinski definition) is 0. The van der Waals surface area contributed by atoms with Crippen molar-refractivity contribution in [2.75, 3.05) is 21.3 Å². The van der Waals surface area contributed by atoms with Crippen molar-refractivity contribution in [3.63, 3.8) is 0 Å². The third-order valence-electron chi connectivity index (χ3n) is 0.813. The molecule has 0 aromatic rings. The summed E-state index contributed by atoms with van der Waals surface area (Å²) in [4.78, 5) is 0. The number of allylic oxidation sites excluding steroid dienone is 2. The van der Waals surface area contributed by atoms with Gasteiger partial charge in [-0.1, -0.05) is 12.2 Å². The first-order valence-corrected chi connectivity index (χ1v) is 4.50. The minimum atomic E-state index is -1.67. The number of rotatable bonds is 3. The number of hydrogen-bond acceptors (Lipinski definition) is 3. The van der Waals surface area contributed by atoms with Gasteiger partial charge in [-0.2, -0.15) is 0 Å². The molecule has 3 nitrogen and oxygen atoms in total. The molecule has 0 heterocycles. The molecule has 4 heteroatoms. The van der Waals surface area contributed by atoms with Gasteiger partial charge < -0.3 is 13.3 Å². The van der Waals surface area contributed by atoms with Crippen LogP contribution in [0.5, 0.6) is 0 Å². The average molecular weight is 162 g/mol. The second-order valence-corrected chi connectivity index (χ2v) is 3.69. The standard InChI is InChI=1S/C3H10O3Si.C3H4/c1-4-7(5-2)6-3;1-2-3-1/h7H,1-3H3;1-2H,3H2. The van der Waals surface area contributed by atoms with Crippen molar-refractivity contribution < 1.29 is 13.3 Å². The fourth-order valence-electron chi connectivity index (χ4n) is 0.289. The second-order valence-electron chi connectivity index (χ2n) is 1.70. The summed E-state index contributed by atoms with van der Waals surface area (Å²) in [6.07, 6.45) is 5.50. The van der Waals surface area contributed by atoms with Crippen LogP contribution in [0.25, 0.3) is 0 Å². The maximum absolute atomic E-state index is 4.74. The van der Waals surface area contributed by atoms with E-state index < -0.39 is 9.53 Å². The van der Waals surface area contributed by atoms with Crippen LogP contribution in [0.4, 0.5) is 0 Å². The molecule has 0 aliphatic heterocycles. The van der Waals surface area contributed by atoms with Gasteiger partial charge in [-0.15, -0.1) is 0 Å². The Morgan fingerprint density at radius 2 is 1.30 bits per heavy atom. The highest BCUT2D eigenvalue weighted by atomic mass is 28.3. The third kappa shape index (κ3) is 7.84. The second kappa shape index (κ2) is 6.95. The van der Waals surface area contributed by atoms with Gasteiger partial charge in [-0.3, -0.25) is 0 Å². The van der Waals surface area contributed by atoms with Crippen LogP contribution in [-0.2, 0) is 13.3 Å². The van der Waals surface area contributed by atoms with E-state index in [0.29, 0.717) is 0 Å². The molecule has 0 amide bonds. The summed E-state index contributed by atoms with van der Waals surface area (Å²) < 4.78 is 14.2. The predicted molar refractivity (Wildman–Crippen MR) is 41.9 cm³/mol. The maximum Gasteiger partial charge on any atom is 0.483 e. The van der Waals surface area contributed by atoms with Crippen molar-refractivity contribution in [1.29, 1.82) is 0 Å². The fourth-order valence-corrected chi connectivity index (χ4v) is 0.866. The summed E-state index contributed by atoms with van der Waals surface area (Å²) in [5.74, 6) is 0. The summed E-state index contributed by atoms with van der Waals surface area (Å²) in [5.41, 5.74) is 0. The zero-order valence-corrected chi connectivity index (χ0v) is 7.82. The van der Waals surface area contributed by atoms with Crippen LogP contribution in [0.2, 0.25) is 0 Å². The van der Waals surface area contributed by atoms with Gasteiger partial charge >= 0.3 is 9.53 Å². The predicted octanol–water partition coefficient (Wildman–Crippen LogP) is 0.589. The molecule has 0 atom stereocenters. The minimum Gasteiger partial charge on any atom is -0.379 e. The molecule has 0 N–H and O–H groups in total. The summed E-state index contributed by atoms with van der Waals surface area (Å²) in [7, 11) is 3.05. The Kier molecular flexibility index (Phi) is 6.84. The third-order valence-corrected chi connectivity index (χ3v) is 1.97. The zero-order valence-electron chi connectivity index (χ0n) is 6.66. The summed E-state index contributed by atoms with van der Waals surface area (Å²) in [5, 5.41) is 0. The van der Waals surface area contributed by atoms with Gasteiger partial charge in [0.15, 0.2) is 0 Å². The van der Waals surface area contributed by atoms with Crippen LogP contribution >= 0.6 is 0 Å². The Bertz CT molecular complexity index is 81.5. The van der Waals surface area contributed by atoms with Crippen LogP contribution in [0.1, 0.15) is 6.42 Å². The molecule has 1 aliphatic carbocycles. The Morgan fingerprint density at radius 3 is 1.30 bits per heavy atom. The minimum absolute atomic E-state index is 1.25. The van der Waals surface area contributed by atoms with Gasteiger partial charge in [-0.05, 0) is 6.42 Å². The Labute approximate surface area is 63.6 Å². The van der Waals surface area contributed by atoms with E-state index in [1.165, 1.54) is 6.42 Å². The van der Waals surface area contributed by atoms with E-state index in [2.05, 4.69) is 12.2 Å². The van der Waals surface area contributed by atoms with Crippen molar-refractivity contribution in [3.8, 4) is 0 Å². The lowest BCUT2D eigenvalue weighted by Gasteiger charge is -2.05. The van der Waals surface area contributed by atoms with E-state index in [1.807, 2.05) is 0 Å². The van der Waals surface area contributed by atoms with Crippen molar-refractivity contribution in [2.24, 2.45) is 0 Å². The molecular formula is C6H14O3Si. The van der Waals surface area contributed by atoms with Crippen LogP contribution < -0.4 is 0 Å². The maximum atomic E-state index is 4.74. The molecule has 0 fully saturated rings. The lowest BCUT2D eigenvalue weighted by Crippen LogP contribution is -2.21. The highest BCUT2D eigenvalue weighted by Gasteiger charge is 2.04. The largest absolute Gasteiger partial charge is 0.483 e. The first-order valence-electron chi connectivity index (χ1n) is 3.08. The van der Waals surface area contributed by atoms with Gasteiger partial charge in [-0.25, -0.2) is 0 Å².